The van der Waals surface area contributed by atoms with Crippen molar-refractivity contribution >= 4 is 11.8 Å². The van der Waals surface area contributed by atoms with Crippen LogP contribution in [0.4, 0.5) is 0 Å². The number of carbonyl (C=O) groups is 2. The molecule has 0 bridgehead atoms. The number of carbonyl (C=O) groups excluding carboxylic acids is 2. The lowest BCUT2D eigenvalue weighted by Crippen LogP contribution is -2.49. The molecule has 0 N–H and O–H groups in total. The van der Waals surface area contributed by atoms with Gasteiger partial charge in [-0.05, 0) is 31.6 Å². The highest BCUT2D eigenvalue weighted by atomic mass is 16.5. The minimum absolute atomic E-state index is 0.0410. The van der Waals surface area contributed by atoms with Gasteiger partial charge in [-0.1, -0.05) is 13.8 Å². The van der Waals surface area contributed by atoms with Crippen molar-refractivity contribution in [2.75, 3.05) is 32.8 Å². The third-order valence-corrected chi connectivity index (χ3v) is 5.69. The Kier molecular flexibility index (Phi) is 6.19. The molecule has 0 aromatic carbocycles. The fraction of sp³-hybridized carbons (Fsp3) is 0.750. The van der Waals surface area contributed by atoms with Crippen molar-refractivity contribution in [2.24, 2.45) is 13.0 Å². The van der Waals surface area contributed by atoms with E-state index in [1.54, 1.807) is 17.1 Å². The van der Waals surface area contributed by atoms with Gasteiger partial charge in [0.1, 0.15) is 5.69 Å². The maximum Gasteiger partial charge on any atom is 0.274 e. The molecule has 7 nitrogen and oxygen atoms in total. The van der Waals surface area contributed by atoms with E-state index in [-0.39, 0.29) is 11.8 Å². The van der Waals surface area contributed by atoms with Crippen LogP contribution < -0.4 is 0 Å². The van der Waals surface area contributed by atoms with Crippen LogP contribution in [0.1, 0.15) is 56.4 Å². The van der Waals surface area contributed by atoms with E-state index in [0.29, 0.717) is 57.1 Å². The van der Waals surface area contributed by atoms with Gasteiger partial charge in [-0.15, -0.1) is 0 Å². The van der Waals surface area contributed by atoms with Gasteiger partial charge in [-0.2, -0.15) is 0 Å². The molecule has 2 aliphatic heterocycles. The number of imidazole rings is 1. The molecule has 2 fully saturated rings. The van der Waals surface area contributed by atoms with Crippen LogP contribution in [0, 0.1) is 5.92 Å². The number of aryl methyl sites for hydroxylation is 1. The number of ether oxygens (including phenoxy) is 1. The molecule has 2 saturated heterocycles. The molecule has 2 aliphatic rings. The predicted octanol–water partition coefficient (Wildman–Crippen LogP) is 2.08. The van der Waals surface area contributed by atoms with Crippen molar-refractivity contribution in [3.63, 3.8) is 0 Å². The normalized spacial score (nSPS) is 20.4. The second kappa shape index (κ2) is 8.42. The summed E-state index contributed by atoms with van der Waals surface area (Å²) in [6.45, 7) is 7.72. The van der Waals surface area contributed by atoms with Gasteiger partial charge in [0.15, 0.2) is 0 Å². The van der Waals surface area contributed by atoms with E-state index < -0.39 is 5.60 Å². The third kappa shape index (κ3) is 4.89. The highest BCUT2D eigenvalue weighted by Crippen LogP contribution is 2.32. The molecule has 27 heavy (non-hydrogen) atoms. The number of likely N-dealkylation sites (tertiary alicyclic amines) is 1. The lowest BCUT2D eigenvalue weighted by molar-refractivity contribution is -0.135. The smallest absolute Gasteiger partial charge is 0.274 e. The quantitative estimate of drug-likeness (QED) is 0.789. The summed E-state index contributed by atoms with van der Waals surface area (Å²) >= 11 is 0. The van der Waals surface area contributed by atoms with Crippen molar-refractivity contribution in [1.29, 1.82) is 0 Å². The number of rotatable bonds is 5. The molecule has 0 saturated carbocycles. The number of piperidine rings is 1. The Balaban J connectivity index is 1.54. The van der Waals surface area contributed by atoms with Crippen LogP contribution in [0.2, 0.25) is 0 Å². The molecule has 150 valence electrons. The lowest BCUT2D eigenvalue weighted by Gasteiger charge is -2.40. The largest absolute Gasteiger partial charge is 0.372 e. The average molecular weight is 377 g/mol. The summed E-state index contributed by atoms with van der Waals surface area (Å²) in [5.74, 6) is 0.817. The second-order valence-electron chi connectivity index (χ2n) is 8.34. The molecule has 0 aliphatic carbocycles. The van der Waals surface area contributed by atoms with Gasteiger partial charge < -0.3 is 19.1 Å². The molecule has 3 heterocycles. The van der Waals surface area contributed by atoms with E-state index >= 15 is 0 Å². The lowest BCUT2D eigenvalue weighted by atomic mass is 9.87. The van der Waals surface area contributed by atoms with Gasteiger partial charge in [-0.25, -0.2) is 4.98 Å². The zero-order valence-corrected chi connectivity index (χ0v) is 16.8. The minimum atomic E-state index is -0.412. The third-order valence-electron chi connectivity index (χ3n) is 5.69. The van der Waals surface area contributed by atoms with Gasteiger partial charge in [-0.3, -0.25) is 9.59 Å². The molecule has 7 heteroatoms. The highest BCUT2D eigenvalue weighted by Gasteiger charge is 2.41. The van der Waals surface area contributed by atoms with E-state index in [1.165, 1.54) is 0 Å². The summed E-state index contributed by atoms with van der Waals surface area (Å²) in [7, 11) is 1.85. The molecule has 1 aromatic rings. The van der Waals surface area contributed by atoms with Crippen molar-refractivity contribution in [3.05, 3.63) is 18.2 Å². The second-order valence-corrected chi connectivity index (χ2v) is 8.34. The topological polar surface area (TPSA) is 67.7 Å². The van der Waals surface area contributed by atoms with Gasteiger partial charge in [0.25, 0.3) is 5.91 Å². The fourth-order valence-corrected chi connectivity index (χ4v) is 3.99. The number of hydrogen-bond donors (Lipinski definition) is 0. The Labute approximate surface area is 161 Å². The summed E-state index contributed by atoms with van der Waals surface area (Å²) in [6.07, 6.45) is 7.41. The molecular formula is C20H32N4O3. The first-order chi connectivity index (χ1) is 12.9. The highest BCUT2D eigenvalue weighted by molar-refractivity contribution is 5.92. The standard InChI is InChI=1S/C20H32N4O3/c1-16(2)5-4-8-23-11-12-27-20(13-18(23)25)6-9-24(10-7-20)19(26)17-14-22(3)15-21-17/h14-16H,4-13H2,1-3H3. The maximum absolute atomic E-state index is 12.8. The van der Waals surface area contributed by atoms with Crippen LogP contribution in [-0.4, -0.2) is 69.6 Å². The van der Waals surface area contributed by atoms with Gasteiger partial charge in [0, 0.05) is 39.4 Å². The molecule has 0 radical (unpaired) electrons. The molecule has 0 atom stereocenters. The van der Waals surface area contributed by atoms with Crippen molar-refractivity contribution in [3.8, 4) is 0 Å². The van der Waals surface area contributed by atoms with Gasteiger partial charge in [0.2, 0.25) is 5.91 Å². The maximum atomic E-state index is 12.8. The summed E-state index contributed by atoms with van der Waals surface area (Å²) in [4.78, 5) is 33.3. The van der Waals surface area contributed by atoms with Crippen LogP contribution in [0.5, 0.6) is 0 Å². The number of nitrogens with zero attached hydrogens (tertiary/aromatic N) is 4. The van der Waals surface area contributed by atoms with Crippen LogP contribution in [0.15, 0.2) is 12.5 Å². The summed E-state index contributed by atoms with van der Waals surface area (Å²) in [5, 5.41) is 0. The monoisotopic (exact) mass is 376 g/mol. The first-order valence-electron chi connectivity index (χ1n) is 10.1. The fourth-order valence-electron chi connectivity index (χ4n) is 3.99. The zero-order chi connectivity index (χ0) is 19.4. The van der Waals surface area contributed by atoms with E-state index in [0.717, 1.165) is 19.4 Å². The first-order valence-corrected chi connectivity index (χ1v) is 10.1. The van der Waals surface area contributed by atoms with E-state index in [4.69, 9.17) is 4.74 Å². The number of hydrogen-bond acceptors (Lipinski definition) is 4. The molecule has 1 aromatic heterocycles. The Morgan fingerprint density at radius 2 is 2.04 bits per heavy atom. The summed E-state index contributed by atoms with van der Waals surface area (Å²) in [6, 6.07) is 0. The van der Waals surface area contributed by atoms with Gasteiger partial charge in [0.05, 0.1) is 25.0 Å². The number of aromatic nitrogens is 2. The Morgan fingerprint density at radius 1 is 1.30 bits per heavy atom. The predicted molar refractivity (Wildman–Crippen MR) is 102 cm³/mol. The van der Waals surface area contributed by atoms with Crippen LogP contribution in [-0.2, 0) is 16.6 Å². The first kappa shape index (κ1) is 19.9. The van der Waals surface area contributed by atoms with Gasteiger partial charge >= 0.3 is 0 Å². The SMILES string of the molecule is CC(C)CCCN1CCOC2(CCN(C(=O)c3cn(C)cn3)CC2)CC1=O. The molecule has 0 unspecified atom stereocenters. The van der Waals surface area contributed by atoms with Crippen LogP contribution >= 0.6 is 0 Å². The van der Waals surface area contributed by atoms with E-state index in [2.05, 4.69) is 18.8 Å². The minimum Gasteiger partial charge on any atom is -0.372 e. The van der Waals surface area contributed by atoms with Crippen LogP contribution in [0.25, 0.3) is 0 Å². The zero-order valence-electron chi connectivity index (χ0n) is 16.8. The average Bonchev–Trinajstić information content (AvgIpc) is 3.00. The summed E-state index contributed by atoms with van der Waals surface area (Å²) < 4.78 is 7.95. The molecular weight excluding hydrogens is 344 g/mol. The Morgan fingerprint density at radius 3 is 2.67 bits per heavy atom. The van der Waals surface area contributed by atoms with Crippen molar-refractivity contribution in [1.82, 2.24) is 19.4 Å². The van der Waals surface area contributed by atoms with E-state index in [9.17, 15) is 9.59 Å². The van der Waals surface area contributed by atoms with Crippen molar-refractivity contribution in [2.45, 2.75) is 51.6 Å². The van der Waals surface area contributed by atoms with E-state index in [1.807, 2.05) is 16.8 Å². The Hall–Kier alpha value is -1.89. The molecule has 3 rings (SSSR count). The van der Waals surface area contributed by atoms with Crippen molar-refractivity contribution < 1.29 is 14.3 Å². The Bertz CT molecular complexity index is 662. The molecule has 1 spiro atoms. The molecule has 2 amide bonds. The number of amides is 2. The summed E-state index contributed by atoms with van der Waals surface area (Å²) in [5.41, 5.74) is 0.0627. The van der Waals surface area contributed by atoms with Crippen LogP contribution in [0.3, 0.4) is 0 Å².